The monoisotopic (exact) mass is 164 g/mol. The zero-order valence-electron chi connectivity index (χ0n) is 5.91. The van der Waals surface area contributed by atoms with Crippen molar-refractivity contribution >= 4 is 11.4 Å². The highest BCUT2D eigenvalue weighted by Gasteiger charge is 1.71. The number of hydrogen-bond acceptors (Lipinski definition) is 1. The Bertz CT molecular complexity index is 127. The molecule has 0 bridgehead atoms. The molecular weight excluding hydrogens is 152 g/mol. The first-order chi connectivity index (χ1) is 4.50. The van der Waals surface area contributed by atoms with Crippen LogP contribution in [0.15, 0.2) is 24.8 Å². The minimum atomic E-state index is -2.61. The lowest BCUT2D eigenvalue weighted by Crippen LogP contribution is -1.74. The van der Waals surface area contributed by atoms with Gasteiger partial charge in [-0.2, -0.15) is 4.21 Å². The van der Waals surface area contributed by atoms with Crippen LogP contribution in [0.1, 0.15) is 13.3 Å². The molecule has 0 atom stereocenters. The van der Waals surface area contributed by atoms with Crippen LogP contribution in [-0.2, 0) is 11.4 Å². The van der Waals surface area contributed by atoms with Gasteiger partial charge in [0.05, 0.1) is 0 Å². The van der Waals surface area contributed by atoms with E-state index in [1.807, 2.05) is 13.0 Å². The molecule has 0 saturated heterocycles. The third kappa shape index (κ3) is 49.8. The van der Waals surface area contributed by atoms with Crippen LogP contribution in [0.3, 0.4) is 0 Å². The number of allylic oxidation sites excluding steroid dienone is 2. The molecular formula is C6H12O3S. The fraction of sp³-hybridized carbons (Fsp3) is 0.333. The summed E-state index contributed by atoms with van der Waals surface area (Å²) in [7, 11) is 0. The van der Waals surface area contributed by atoms with Crippen molar-refractivity contribution in [3.8, 4) is 0 Å². The first-order valence-electron chi connectivity index (χ1n) is 2.56. The SMILES string of the molecule is C=CCC(=C)C.O=S(O)O. The van der Waals surface area contributed by atoms with Gasteiger partial charge in [-0.05, 0) is 13.3 Å². The van der Waals surface area contributed by atoms with Gasteiger partial charge in [0.25, 0.3) is 11.4 Å². The van der Waals surface area contributed by atoms with Crippen LogP contribution in [0.5, 0.6) is 0 Å². The molecule has 0 aromatic rings. The molecule has 0 fully saturated rings. The molecule has 0 amide bonds. The van der Waals surface area contributed by atoms with Crippen LogP contribution >= 0.6 is 0 Å². The molecule has 0 unspecified atom stereocenters. The molecule has 0 aliphatic carbocycles. The van der Waals surface area contributed by atoms with Gasteiger partial charge < -0.3 is 0 Å². The molecule has 0 radical (unpaired) electrons. The Morgan fingerprint density at radius 2 is 2.00 bits per heavy atom. The van der Waals surface area contributed by atoms with Crippen LogP contribution in [0.4, 0.5) is 0 Å². The molecule has 0 aromatic carbocycles. The Hall–Kier alpha value is -0.450. The topological polar surface area (TPSA) is 57.5 Å². The van der Waals surface area contributed by atoms with Crippen LogP contribution in [0, 0.1) is 0 Å². The molecule has 2 N–H and O–H groups in total. The summed E-state index contributed by atoms with van der Waals surface area (Å²) < 4.78 is 22.8. The van der Waals surface area contributed by atoms with Gasteiger partial charge in [-0.25, -0.2) is 0 Å². The maximum atomic E-state index is 8.67. The van der Waals surface area contributed by atoms with Crippen molar-refractivity contribution in [2.24, 2.45) is 0 Å². The second kappa shape index (κ2) is 8.55. The van der Waals surface area contributed by atoms with Gasteiger partial charge >= 0.3 is 0 Å². The van der Waals surface area contributed by atoms with Gasteiger partial charge in [0.1, 0.15) is 0 Å². The van der Waals surface area contributed by atoms with E-state index in [4.69, 9.17) is 13.3 Å². The van der Waals surface area contributed by atoms with Crippen molar-refractivity contribution in [1.82, 2.24) is 0 Å². The zero-order valence-corrected chi connectivity index (χ0v) is 6.73. The summed E-state index contributed by atoms with van der Waals surface area (Å²) in [5, 5.41) is 0. The number of hydrogen-bond donors (Lipinski definition) is 2. The van der Waals surface area contributed by atoms with E-state index in [1.165, 1.54) is 5.57 Å². The van der Waals surface area contributed by atoms with E-state index in [9.17, 15) is 0 Å². The first-order valence-corrected chi connectivity index (χ1v) is 3.62. The van der Waals surface area contributed by atoms with E-state index in [0.717, 1.165) is 6.42 Å². The molecule has 0 aromatic heterocycles. The average molecular weight is 164 g/mol. The van der Waals surface area contributed by atoms with E-state index >= 15 is 0 Å². The highest BCUT2D eigenvalue weighted by molar-refractivity contribution is 7.73. The van der Waals surface area contributed by atoms with Gasteiger partial charge in [-0.1, -0.05) is 18.2 Å². The standard InChI is InChI=1S/C6H10.H2O3S/c1-4-5-6(2)3;1-4(2)3/h4H,1-2,5H2,3H3;(H2,1,2,3). The second-order valence-corrected chi connectivity index (χ2v) is 2.14. The van der Waals surface area contributed by atoms with E-state index in [1.54, 1.807) is 0 Å². The van der Waals surface area contributed by atoms with E-state index < -0.39 is 11.4 Å². The van der Waals surface area contributed by atoms with Crippen LogP contribution in [0.25, 0.3) is 0 Å². The highest BCUT2D eigenvalue weighted by Crippen LogP contribution is 1.92. The molecule has 4 heteroatoms. The zero-order chi connectivity index (χ0) is 8.57. The molecule has 3 nitrogen and oxygen atoms in total. The number of rotatable bonds is 2. The van der Waals surface area contributed by atoms with Gasteiger partial charge in [0.15, 0.2) is 0 Å². The van der Waals surface area contributed by atoms with Crippen molar-refractivity contribution in [3.05, 3.63) is 24.8 Å². The Balaban J connectivity index is 0. The Morgan fingerprint density at radius 1 is 1.70 bits per heavy atom. The summed E-state index contributed by atoms with van der Waals surface area (Å²) >= 11 is -2.61. The fourth-order valence-corrected chi connectivity index (χ4v) is 0.246. The predicted octanol–water partition coefficient (Wildman–Crippen LogP) is 1.82. The maximum Gasteiger partial charge on any atom is 0.299 e. The third-order valence-corrected chi connectivity index (χ3v) is 0.493. The van der Waals surface area contributed by atoms with Crippen molar-refractivity contribution in [2.75, 3.05) is 0 Å². The third-order valence-electron chi connectivity index (χ3n) is 0.493. The lowest BCUT2D eigenvalue weighted by molar-refractivity contribution is 0.454. The lowest BCUT2D eigenvalue weighted by Gasteiger charge is -1.82. The summed E-state index contributed by atoms with van der Waals surface area (Å²) in [4.78, 5) is 0. The molecule has 10 heavy (non-hydrogen) atoms. The lowest BCUT2D eigenvalue weighted by atomic mass is 10.2. The molecule has 0 aliphatic rings. The fourth-order valence-electron chi connectivity index (χ4n) is 0.246. The molecule has 0 rings (SSSR count). The quantitative estimate of drug-likeness (QED) is 0.483. The molecule has 0 aliphatic heterocycles. The van der Waals surface area contributed by atoms with Crippen LogP contribution in [-0.4, -0.2) is 13.3 Å². The minimum Gasteiger partial charge on any atom is -0.284 e. The smallest absolute Gasteiger partial charge is 0.284 e. The van der Waals surface area contributed by atoms with Gasteiger partial charge in [-0.3, -0.25) is 9.11 Å². The summed E-state index contributed by atoms with van der Waals surface area (Å²) in [5.74, 6) is 0. The normalized spacial score (nSPS) is 8.00. The van der Waals surface area contributed by atoms with Crippen LogP contribution < -0.4 is 0 Å². The molecule has 0 heterocycles. The highest BCUT2D eigenvalue weighted by atomic mass is 32.2. The van der Waals surface area contributed by atoms with Crippen molar-refractivity contribution in [1.29, 1.82) is 0 Å². The van der Waals surface area contributed by atoms with Gasteiger partial charge in [0.2, 0.25) is 0 Å². The van der Waals surface area contributed by atoms with Crippen molar-refractivity contribution in [2.45, 2.75) is 13.3 Å². The molecule has 60 valence electrons. The minimum absolute atomic E-state index is 0.944. The van der Waals surface area contributed by atoms with Gasteiger partial charge in [-0.15, -0.1) is 6.58 Å². The average Bonchev–Trinajstić information content (AvgIpc) is 1.62. The van der Waals surface area contributed by atoms with E-state index in [2.05, 4.69) is 13.2 Å². The second-order valence-electron chi connectivity index (χ2n) is 1.68. The van der Waals surface area contributed by atoms with E-state index in [-0.39, 0.29) is 0 Å². The van der Waals surface area contributed by atoms with Crippen LogP contribution in [0.2, 0.25) is 0 Å². The molecule has 0 spiro atoms. The Labute approximate surface area is 63.6 Å². The summed E-state index contributed by atoms with van der Waals surface area (Å²) in [6.45, 7) is 9.20. The van der Waals surface area contributed by atoms with Crippen molar-refractivity contribution < 1.29 is 13.3 Å². The maximum absolute atomic E-state index is 8.67. The predicted molar refractivity (Wildman–Crippen MR) is 43.0 cm³/mol. The largest absolute Gasteiger partial charge is 0.299 e. The summed E-state index contributed by atoms with van der Waals surface area (Å²) in [6, 6.07) is 0. The Kier molecular flexibility index (Phi) is 10.5. The first kappa shape index (κ1) is 12.2. The molecule has 0 saturated carbocycles. The van der Waals surface area contributed by atoms with E-state index in [0.29, 0.717) is 0 Å². The summed E-state index contributed by atoms with van der Waals surface area (Å²) in [6.07, 6.45) is 2.79. The van der Waals surface area contributed by atoms with Gasteiger partial charge in [0, 0.05) is 0 Å². The summed E-state index contributed by atoms with van der Waals surface area (Å²) in [5.41, 5.74) is 1.17. The van der Waals surface area contributed by atoms with Crippen molar-refractivity contribution in [3.63, 3.8) is 0 Å². The Morgan fingerprint density at radius 3 is 2.00 bits per heavy atom.